The lowest BCUT2D eigenvalue weighted by Gasteiger charge is -2.16. The SMILES string of the molecule is Cc1cc(N/N=C2\C(=O)Nc3ccccc3C2=O)ccc1N=Nc1ccc(C(=O)N(C)C)cc1. The van der Waals surface area contributed by atoms with Crippen molar-refractivity contribution >= 4 is 46.1 Å². The fourth-order valence-corrected chi connectivity index (χ4v) is 3.30. The van der Waals surface area contributed by atoms with Crippen molar-refractivity contribution in [3.63, 3.8) is 0 Å². The molecular weight excluding hydrogens is 432 g/mol. The van der Waals surface area contributed by atoms with Crippen LogP contribution in [0.3, 0.4) is 0 Å². The predicted octanol–water partition coefficient (Wildman–Crippen LogP) is 4.72. The molecule has 0 aliphatic carbocycles. The molecule has 0 saturated heterocycles. The first-order chi connectivity index (χ1) is 16.3. The largest absolute Gasteiger partial charge is 0.345 e. The van der Waals surface area contributed by atoms with Crippen LogP contribution in [0.1, 0.15) is 26.3 Å². The molecule has 3 aromatic rings. The molecule has 0 saturated carbocycles. The molecule has 2 amide bonds. The summed E-state index contributed by atoms with van der Waals surface area (Å²) < 4.78 is 0. The van der Waals surface area contributed by atoms with Crippen LogP contribution >= 0.6 is 0 Å². The van der Waals surface area contributed by atoms with E-state index in [0.29, 0.717) is 33.9 Å². The van der Waals surface area contributed by atoms with Crippen LogP contribution in [-0.4, -0.2) is 42.3 Å². The first-order valence-electron chi connectivity index (χ1n) is 10.5. The summed E-state index contributed by atoms with van der Waals surface area (Å²) in [7, 11) is 3.40. The molecule has 4 rings (SSSR count). The van der Waals surface area contributed by atoms with Crippen molar-refractivity contribution in [2.45, 2.75) is 6.92 Å². The molecule has 0 bridgehead atoms. The Bertz CT molecular complexity index is 1340. The predicted molar refractivity (Wildman–Crippen MR) is 130 cm³/mol. The van der Waals surface area contributed by atoms with Crippen LogP contribution in [0.2, 0.25) is 0 Å². The summed E-state index contributed by atoms with van der Waals surface area (Å²) in [4.78, 5) is 38.4. The summed E-state index contributed by atoms with van der Waals surface area (Å²) in [5.41, 5.74) is 6.68. The lowest BCUT2D eigenvalue weighted by Crippen LogP contribution is -2.36. The van der Waals surface area contributed by atoms with E-state index in [-0.39, 0.29) is 11.6 Å². The highest BCUT2D eigenvalue weighted by Crippen LogP contribution is 2.26. The third kappa shape index (κ3) is 4.73. The van der Waals surface area contributed by atoms with E-state index in [1.165, 1.54) is 4.90 Å². The number of hydrogen-bond acceptors (Lipinski definition) is 7. The molecule has 0 spiro atoms. The third-order valence-electron chi connectivity index (χ3n) is 5.14. The highest BCUT2D eigenvalue weighted by atomic mass is 16.2. The quantitative estimate of drug-likeness (QED) is 0.429. The zero-order chi connectivity index (χ0) is 24.2. The second-order valence-electron chi connectivity index (χ2n) is 7.85. The summed E-state index contributed by atoms with van der Waals surface area (Å²) in [6, 6.07) is 18.9. The van der Waals surface area contributed by atoms with Gasteiger partial charge < -0.3 is 10.2 Å². The molecule has 0 atom stereocenters. The van der Waals surface area contributed by atoms with Gasteiger partial charge in [0.05, 0.1) is 22.7 Å². The summed E-state index contributed by atoms with van der Waals surface area (Å²) in [6.45, 7) is 1.86. The first kappa shape index (κ1) is 22.5. The molecule has 1 aliphatic rings. The van der Waals surface area contributed by atoms with E-state index in [9.17, 15) is 14.4 Å². The number of rotatable bonds is 5. The van der Waals surface area contributed by atoms with Crippen molar-refractivity contribution in [1.82, 2.24) is 4.90 Å². The van der Waals surface area contributed by atoms with Gasteiger partial charge in [-0.2, -0.15) is 15.3 Å². The van der Waals surface area contributed by atoms with Gasteiger partial charge in [0.25, 0.3) is 11.8 Å². The minimum Gasteiger partial charge on any atom is -0.345 e. The maximum atomic E-state index is 12.6. The zero-order valence-corrected chi connectivity index (χ0v) is 18.9. The monoisotopic (exact) mass is 454 g/mol. The van der Waals surface area contributed by atoms with Gasteiger partial charge in [-0.25, -0.2) is 0 Å². The van der Waals surface area contributed by atoms with Gasteiger partial charge in [0, 0.05) is 25.2 Å². The molecule has 3 aromatic carbocycles. The average molecular weight is 454 g/mol. The Labute approximate surface area is 196 Å². The molecule has 34 heavy (non-hydrogen) atoms. The van der Waals surface area contributed by atoms with Gasteiger partial charge in [-0.3, -0.25) is 19.8 Å². The standard InChI is InChI=1S/C25H22N6O3/c1-15-14-18(28-30-22-23(32)19-6-4-5-7-21(19)26-24(22)33)12-13-20(15)29-27-17-10-8-16(9-11-17)25(34)31(2)3/h4-14,28H,1-3H3,(H,26,33)/b29-27?,30-22-. The van der Waals surface area contributed by atoms with Crippen LogP contribution in [0.4, 0.5) is 22.7 Å². The molecule has 2 N–H and O–H groups in total. The molecule has 1 aliphatic heterocycles. The topological polar surface area (TPSA) is 116 Å². The maximum Gasteiger partial charge on any atom is 0.280 e. The van der Waals surface area contributed by atoms with E-state index in [4.69, 9.17) is 0 Å². The van der Waals surface area contributed by atoms with Gasteiger partial charge in [-0.1, -0.05) is 12.1 Å². The zero-order valence-electron chi connectivity index (χ0n) is 18.9. The Kier molecular flexibility index (Phi) is 6.26. The van der Waals surface area contributed by atoms with E-state index >= 15 is 0 Å². The van der Waals surface area contributed by atoms with E-state index in [0.717, 1.165) is 5.56 Å². The van der Waals surface area contributed by atoms with Crippen molar-refractivity contribution in [1.29, 1.82) is 0 Å². The van der Waals surface area contributed by atoms with Gasteiger partial charge in [0.15, 0.2) is 5.71 Å². The number of benzene rings is 3. The Morgan fingerprint density at radius 1 is 0.941 bits per heavy atom. The lowest BCUT2D eigenvalue weighted by molar-refractivity contribution is -0.110. The molecule has 0 radical (unpaired) electrons. The summed E-state index contributed by atoms with van der Waals surface area (Å²) >= 11 is 0. The lowest BCUT2D eigenvalue weighted by atomic mass is 10.0. The van der Waals surface area contributed by atoms with Crippen molar-refractivity contribution in [3.8, 4) is 0 Å². The highest BCUT2D eigenvalue weighted by molar-refractivity contribution is 6.72. The second-order valence-corrected chi connectivity index (χ2v) is 7.85. The van der Waals surface area contributed by atoms with Gasteiger partial charge in [0.2, 0.25) is 5.78 Å². The van der Waals surface area contributed by atoms with Gasteiger partial charge in [-0.05, 0) is 67.1 Å². The first-order valence-corrected chi connectivity index (χ1v) is 10.5. The van der Waals surface area contributed by atoms with Crippen molar-refractivity contribution in [2.75, 3.05) is 24.8 Å². The molecule has 0 fully saturated rings. The van der Waals surface area contributed by atoms with Crippen molar-refractivity contribution < 1.29 is 14.4 Å². The van der Waals surface area contributed by atoms with Crippen LogP contribution in [0, 0.1) is 6.92 Å². The van der Waals surface area contributed by atoms with Crippen LogP contribution in [0.5, 0.6) is 0 Å². The number of azo groups is 1. The summed E-state index contributed by atoms with van der Waals surface area (Å²) in [6.07, 6.45) is 0. The number of carbonyl (C=O) groups excluding carboxylic acids is 3. The molecule has 0 aromatic heterocycles. The minimum absolute atomic E-state index is 0.0809. The number of fused-ring (bicyclic) bond motifs is 1. The van der Waals surface area contributed by atoms with Gasteiger partial charge in [-0.15, -0.1) is 0 Å². The Morgan fingerprint density at radius 3 is 2.38 bits per heavy atom. The van der Waals surface area contributed by atoms with Crippen LogP contribution in [-0.2, 0) is 4.79 Å². The molecule has 0 unspecified atom stereocenters. The fraction of sp³-hybridized carbons (Fsp3) is 0.120. The number of hydrazone groups is 1. The molecule has 9 nitrogen and oxygen atoms in total. The number of nitrogens with one attached hydrogen (secondary N) is 2. The van der Waals surface area contributed by atoms with Crippen molar-refractivity contribution in [2.24, 2.45) is 15.3 Å². The number of para-hydroxylation sites is 1. The van der Waals surface area contributed by atoms with E-state index < -0.39 is 11.7 Å². The van der Waals surface area contributed by atoms with Crippen LogP contribution in [0.15, 0.2) is 82.1 Å². The van der Waals surface area contributed by atoms with E-state index in [2.05, 4.69) is 26.1 Å². The van der Waals surface area contributed by atoms with Crippen LogP contribution < -0.4 is 10.7 Å². The molecular formula is C25H22N6O3. The summed E-state index contributed by atoms with van der Waals surface area (Å²) in [5.74, 6) is -1.08. The second kappa shape index (κ2) is 9.45. The van der Waals surface area contributed by atoms with E-state index in [1.807, 2.05) is 6.92 Å². The summed E-state index contributed by atoms with van der Waals surface area (Å²) in [5, 5.41) is 15.2. The van der Waals surface area contributed by atoms with Gasteiger partial charge in [0.1, 0.15) is 0 Å². The van der Waals surface area contributed by atoms with Crippen LogP contribution in [0.25, 0.3) is 0 Å². The Balaban J connectivity index is 1.46. The number of nitrogens with zero attached hydrogens (tertiary/aromatic N) is 4. The fourth-order valence-electron chi connectivity index (χ4n) is 3.30. The number of ketones is 1. The highest BCUT2D eigenvalue weighted by Gasteiger charge is 2.30. The molecule has 1 heterocycles. The minimum atomic E-state index is -0.559. The number of amides is 2. The average Bonchev–Trinajstić information content (AvgIpc) is 2.83. The third-order valence-corrected chi connectivity index (χ3v) is 5.14. The smallest absolute Gasteiger partial charge is 0.280 e. The van der Waals surface area contributed by atoms with Crippen molar-refractivity contribution in [3.05, 3.63) is 83.4 Å². The van der Waals surface area contributed by atoms with E-state index in [1.54, 1.807) is 80.8 Å². The number of aryl methyl sites for hydroxylation is 1. The normalized spacial score (nSPS) is 14.1. The molecule has 9 heteroatoms. The maximum absolute atomic E-state index is 12.6. The van der Waals surface area contributed by atoms with Gasteiger partial charge >= 0.3 is 0 Å². The number of anilines is 2. The number of carbonyl (C=O) groups is 3. The number of hydrogen-bond donors (Lipinski definition) is 2. The Morgan fingerprint density at radius 2 is 1.68 bits per heavy atom. The number of Topliss-reactive ketones (excluding diaryl/α,β-unsaturated/α-hetero) is 1. The molecule has 170 valence electrons. The Hall–Kier alpha value is -4.66.